The zero-order chi connectivity index (χ0) is 20.2. The van der Waals surface area contributed by atoms with E-state index in [4.69, 9.17) is 4.74 Å². The maximum Gasteiger partial charge on any atom is 0.243 e. The van der Waals surface area contributed by atoms with Gasteiger partial charge >= 0.3 is 0 Å². The Hall–Kier alpha value is -2.47. The van der Waals surface area contributed by atoms with Crippen LogP contribution in [0.5, 0.6) is 5.75 Å². The first-order valence-corrected chi connectivity index (χ1v) is 10.2. The Balaban J connectivity index is 1.40. The van der Waals surface area contributed by atoms with Gasteiger partial charge in [-0.3, -0.25) is 9.69 Å². The second-order valence-electron chi connectivity index (χ2n) is 8.37. The van der Waals surface area contributed by atoms with Crippen molar-refractivity contribution in [2.45, 2.75) is 37.4 Å². The lowest BCUT2D eigenvalue weighted by Gasteiger charge is -2.33. The first-order valence-electron chi connectivity index (χ1n) is 10.2. The lowest BCUT2D eigenvalue weighted by molar-refractivity contribution is -0.137. The topological polar surface area (TPSA) is 32.8 Å². The summed E-state index contributed by atoms with van der Waals surface area (Å²) in [5.41, 5.74) is 1.05. The number of carbonyl (C=O) groups excluding carboxylic acids is 1. The number of methoxy groups -OCH3 is 1. The predicted molar refractivity (Wildman–Crippen MR) is 104 cm³/mol. The third-order valence-electron chi connectivity index (χ3n) is 6.98. The fourth-order valence-corrected chi connectivity index (χ4v) is 5.73. The molecule has 0 unspecified atom stereocenters. The van der Waals surface area contributed by atoms with Crippen LogP contribution in [0.25, 0.3) is 0 Å². The van der Waals surface area contributed by atoms with Gasteiger partial charge in [-0.1, -0.05) is 18.2 Å². The molecular weight excluding hydrogens is 374 g/mol. The smallest absolute Gasteiger partial charge is 0.243 e. The van der Waals surface area contributed by atoms with Crippen LogP contribution < -0.4 is 4.74 Å². The van der Waals surface area contributed by atoms with Crippen molar-refractivity contribution in [2.24, 2.45) is 5.92 Å². The summed E-state index contributed by atoms with van der Waals surface area (Å²) in [5.74, 6) is 0.0380. The molecule has 0 aliphatic carbocycles. The molecule has 1 spiro atoms. The van der Waals surface area contributed by atoms with E-state index in [2.05, 4.69) is 4.90 Å². The van der Waals surface area contributed by atoms with E-state index in [0.29, 0.717) is 18.7 Å². The molecule has 152 valence electrons. The molecule has 3 atom stereocenters. The largest absolute Gasteiger partial charge is 0.497 e. The number of hydrogen-bond acceptors (Lipinski definition) is 3. The Labute approximate surface area is 169 Å². The Morgan fingerprint density at radius 3 is 2.69 bits per heavy atom. The van der Waals surface area contributed by atoms with Gasteiger partial charge in [0.15, 0.2) is 0 Å². The number of nitrogens with zero attached hydrogens (tertiary/aromatic N) is 2. The first-order chi connectivity index (χ1) is 14.0. The van der Waals surface area contributed by atoms with Crippen molar-refractivity contribution in [1.29, 1.82) is 0 Å². The summed E-state index contributed by atoms with van der Waals surface area (Å²) in [6, 6.07) is 11.4. The van der Waals surface area contributed by atoms with Crippen LogP contribution in [0, 0.1) is 17.6 Å². The molecule has 3 saturated heterocycles. The Kier molecular flexibility index (Phi) is 4.35. The fourth-order valence-electron chi connectivity index (χ4n) is 5.73. The molecule has 0 saturated carbocycles. The van der Waals surface area contributed by atoms with Crippen molar-refractivity contribution in [3.8, 4) is 5.75 Å². The molecule has 0 radical (unpaired) electrons. The van der Waals surface area contributed by atoms with E-state index in [0.717, 1.165) is 43.2 Å². The monoisotopic (exact) mass is 398 g/mol. The van der Waals surface area contributed by atoms with Gasteiger partial charge in [0.05, 0.1) is 7.11 Å². The Morgan fingerprint density at radius 2 is 1.97 bits per heavy atom. The van der Waals surface area contributed by atoms with Crippen molar-refractivity contribution in [2.75, 3.05) is 20.2 Å². The summed E-state index contributed by atoms with van der Waals surface area (Å²) in [4.78, 5) is 17.7. The van der Waals surface area contributed by atoms with Crippen molar-refractivity contribution >= 4 is 5.91 Å². The SMILES string of the molecule is COc1ccc(CN2C[C@@H]3C[C@@H](c4ccc(F)cc4F)N4CCC[C@@]34C2=O)cc1. The molecule has 0 aromatic heterocycles. The summed E-state index contributed by atoms with van der Waals surface area (Å²) < 4.78 is 33.1. The number of carbonyl (C=O) groups is 1. The van der Waals surface area contributed by atoms with Crippen LogP contribution in [0.3, 0.4) is 0 Å². The summed E-state index contributed by atoms with van der Waals surface area (Å²) in [6.45, 7) is 2.03. The highest BCUT2D eigenvalue weighted by atomic mass is 19.1. The molecule has 6 heteroatoms. The van der Waals surface area contributed by atoms with E-state index in [9.17, 15) is 13.6 Å². The highest BCUT2D eigenvalue weighted by molar-refractivity contribution is 5.90. The van der Waals surface area contributed by atoms with E-state index in [1.54, 1.807) is 13.2 Å². The minimum Gasteiger partial charge on any atom is -0.497 e. The lowest BCUT2D eigenvalue weighted by atomic mass is 9.85. The molecule has 0 N–H and O–H groups in total. The van der Waals surface area contributed by atoms with E-state index in [1.807, 2.05) is 29.2 Å². The molecule has 2 aromatic carbocycles. The van der Waals surface area contributed by atoms with Gasteiger partial charge in [0.1, 0.15) is 22.9 Å². The van der Waals surface area contributed by atoms with Crippen LogP contribution in [0.4, 0.5) is 8.78 Å². The summed E-state index contributed by atoms with van der Waals surface area (Å²) in [7, 11) is 1.63. The highest BCUT2D eigenvalue weighted by Gasteiger charge is 2.65. The second kappa shape index (κ2) is 6.80. The third-order valence-corrected chi connectivity index (χ3v) is 6.98. The van der Waals surface area contributed by atoms with Gasteiger partial charge in [-0.05, 0) is 49.6 Å². The molecule has 29 heavy (non-hydrogen) atoms. The van der Waals surface area contributed by atoms with E-state index < -0.39 is 17.2 Å². The molecule has 3 fully saturated rings. The number of amides is 1. The minimum atomic E-state index is -0.567. The Morgan fingerprint density at radius 1 is 1.17 bits per heavy atom. The van der Waals surface area contributed by atoms with Gasteiger partial charge in [-0.2, -0.15) is 0 Å². The molecule has 3 aliphatic rings. The van der Waals surface area contributed by atoms with Crippen molar-refractivity contribution in [3.63, 3.8) is 0 Å². The first kappa shape index (κ1) is 18.6. The number of benzene rings is 2. The van der Waals surface area contributed by atoms with Crippen molar-refractivity contribution < 1.29 is 18.3 Å². The average Bonchev–Trinajstić information content (AvgIpc) is 3.34. The van der Waals surface area contributed by atoms with Crippen LogP contribution in [0.15, 0.2) is 42.5 Å². The van der Waals surface area contributed by atoms with Gasteiger partial charge in [0.25, 0.3) is 0 Å². The van der Waals surface area contributed by atoms with Gasteiger partial charge in [0, 0.05) is 36.7 Å². The third kappa shape index (κ3) is 2.76. The Bertz CT molecular complexity index is 948. The standard InChI is InChI=1S/C23H24F2N2O2/c1-29-18-6-3-15(4-7-18)13-26-14-16-11-21(19-8-5-17(24)12-20(19)25)27-10-2-9-23(16,27)22(26)28/h3-8,12,16,21H,2,9-11,13-14H2,1H3/t16-,21-,23-/m0/s1. The molecular formula is C23H24F2N2O2. The second-order valence-corrected chi connectivity index (χ2v) is 8.37. The number of halogens is 2. The molecule has 3 heterocycles. The maximum absolute atomic E-state index is 14.5. The van der Waals surface area contributed by atoms with Crippen LogP contribution in [-0.4, -0.2) is 41.4 Å². The normalized spacial score (nSPS) is 28.7. The maximum atomic E-state index is 14.5. The van der Waals surface area contributed by atoms with Crippen molar-refractivity contribution in [3.05, 3.63) is 65.2 Å². The van der Waals surface area contributed by atoms with Gasteiger partial charge in [-0.25, -0.2) is 8.78 Å². The van der Waals surface area contributed by atoms with Gasteiger partial charge in [0.2, 0.25) is 5.91 Å². The van der Waals surface area contributed by atoms with Gasteiger partial charge in [-0.15, -0.1) is 0 Å². The molecule has 4 nitrogen and oxygen atoms in total. The average molecular weight is 398 g/mol. The fraction of sp³-hybridized carbons (Fsp3) is 0.435. The number of likely N-dealkylation sites (tertiary alicyclic amines) is 1. The summed E-state index contributed by atoms with van der Waals surface area (Å²) in [6.07, 6.45) is 2.47. The lowest BCUT2D eigenvalue weighted by Crippen LogP contribution is -2.49. The van der Waals surface area contributed by atoms with E-state index in [-0.39, 0.29) is 17.9 Å². The predicted octanol–water partition coefficient (Wildman–Crippen LogP) is 3.91. The number of ether oxygens (including phenoxy) is 1. The summed E-state index contributed by atoms with van der Waals surface area (Å²) >= 11 is 0. The van der Waals surface area contributed by atoms with Crippen LogP contribution >= 0.6 is 0 Å². The number of hydrogen-bond donors (Lipinski definition) is 0. The molecule has 1 amide bonds. The molecule has 2 aromatic rings. The van der Waals surface area contributed by atoms with Crippen LogP contribution in [0.1, 0.15) is 36.4 Å². The number of rotatable bonds is 4. The zero-order valence-corrected chi connectivity index (χ0v) is 16.4. The van der Waals surface area contributed by atoms with Gasteiger partial charge < -0.3 is 9.64 Å². The van der Waals surface area contributed by atoms with E-state index in [1.165, 1.54) is 6.07 Å². The van der Waals surface area contributed by atoms with Crippen LogP contribution in [-0.2, 0) is 11.3 Å². The quantitative estimate of drug-likeness (QED) is 0.783. The van der Waals surface area contributed by atoms with Crippen LogP contribution in [0.2, 0.25) is 0 Å². The minimum absolute atomic E-state index is 0.154. The zero-order valence-electron chi connectivity index (χ0n) is 16.4. The molecule has 5 rings (SSSR count). The highest BCUT2D eigenvalue weighted by Crippen LogP contribution is 2.56. The molecule has 0 bridgehead atoms. The summed E-state index contributed by atoms with van der Waals surface area (Å²) in [5, 5.41) is 0. The molecule has 3 aliphatic heterocycles. The van der Waals surface area contributed by atoms with E-state index >= 15 is 0 Å². The van der Waals surface area contributed by atoms with Crippen molar-refractivity contribution in [1.82, 2.24) is 9.80 Å².